The van der Waals surface area contributed by atoms with E-state index >= 15 is 0 Å². The lowest BCUT2D eigenvalue weighted by Crippen LogP contribution is -2.16. The first-order valence-electron chi connectivity index (χ1n) is 5.11. The molecule has 0 unspecified atom stereocenters. The second-order valence-electron chi connectivity index (χ2n) is 3.19. The molecular formula is C11H11NO6. The molecule has 0 atom stereocenters. The highest BCUT2D eigenvalue weighted by molar-refractivity contribution is 5.90. The van der Waals surface area contributed by atoms with E-state index in [1.54, 1.807) is 6.92 Å². The summed E-state index contributed by atoms with van der Waals surface area (Å²) in [5.41, 5.74) is 0.00170. The molecular weight excluding hydrogens is 242 g/mol. The molecule has 1 aromatic rings. The minimum atomic E-state index is -0.738. The van der Waals surface area contributed by atoms with Gasteiger partial charge in [0, 0.05) is 12.1 Å². The molecule has 1 rings (SSSR count). The van der Waals surface area contributed by atoms with Gasteiger partial charge in [-0.3, -0.25) is 10.1 Å². The average molecular weight is 253 g/mol. The molecule has 0 aromatic heterocycles. The monoisotopic (exact) mass is 253 g/mol. The van der Waals surface area contributed by atoms with E-state index in [-0.39, 0.29) is 17.9 Å². The summed E-state index contributed by atoms with van der Waals surface area (Å²) in [6.45, 7) is 1.35. The summed E-state index contributed by atoms with van der Waals surface area (Å²) >= 11 is 0. The lowest BCUT2D eigenvalue weighted by molar-refractivity contribution is -0.384. The predicted octanol–water partition coefficient (Wildman–Crippen LogP) is 1.31. The summed E-state index contributed by atoms with van der Waals surface area (Å²) in [6, 6.07) is 4.87. The maximum atomic E-state index is 11.4. The summed E-state index contributed by atoms with van der Waals surface area (Å²) in [5, 5.41) is 10.4. The van der Waals surface area contributed by atoms with Crippen LogP contribution >= 0.6 is 0 Å². The Morgan fingerprint density at radius 1 is 1.22 bits per heavy atom. The molecule has 0 radical (unpaired) electrons. The second-order valence-corrected chi connectivity index (χ2v) is 3.19. The number of carbonyl (C=O) groups is 2. The van der Waals surface area contributed by atoms with Gasteiger partial charge < -0.3 is 9.47 Å². The number of hydrogen-bond donors (Lipinski definition) is 0. The van der Waals surface area contributed by atoms with Crippen LogP contribution in [0.25, 0.3) is 0 Å². The quantitative estimate of drug-likeness (QED) is 0.446. The number of benzene rings is 1. The van der Waals surface area contributed by atoms with Crippen molar-refractivity contribution in [3.63, 3.8) is 0 Å². The molecule has 7 nitrogen and oxygen atoms in total. The molecule has 7 heteroatoms. The highest BCUT2D eigenvalue weighted by atomic mass is 16.6. The van der Waals surface area contributed by atoms with Crippen LogP contribution in [0.1, 0.15) is 17.3 Å². The third-order valence-corrected chi connectivity index (χ3v) is 1.94. The Morgan fingerprint density at radius 3 is 2.33 bits per heavy atom. The van der Waals surface area contributed by atoms with E-state index in [0.29, 0.717) is 0 Å². The summed E-state index contributed by atoms with van der Waals surface area (Å²) in [4.78, 5) is 32.2. The van der Waals surface area contributed by atoms with Crippen LogP contribution in [-0.4, -0.2) is 30.1 Å². The normalized spacial score (nSPS) is 9.61. The summed E-state index contributed by atoms with van der Waals surface area (Å²) in [6.07, 6.45) is 0. The van der Waals surface area contributed by atoms with E-state index in [2.05, 4.69) is 9.47 Å². The fourth-order valence-corrected chi connectivity index (χ4v) is 1.13. The van der Waals surface area contributed by atoms with Crippen LogP contribution in [0.4, 0.5) is 5.69 Å². The molecule has 0 N–H and O–H groups in total. The van der Waals surface area contributed by atoms with Crippen molar-refractivity contribution in [2.24, 2.45) is 0 Å². The zero-order chi connectivity index (χ0) is 13.5. The van der Waals surface area contributed by atoms with Crippen molar-refractivity contribution in [2.45, 2.75) is 6.92 Å². The van der Waals surface area contributed by atoms with E-state index in [9.17, 15) is 19.7 Å². The lowest BCUT2D eigenvalue weighted by Gasteiger charge is -2.04. The van der Waals surface area contributed by atoms with Crippen molar-refractivity contribution >= 4 is 17.6 Å². The largest absolute Gasteiger partial charge is 0.463 e. The van der Waals surface area contributed by atoms with Gasteiger partial charge in [-0.15, -0.1) is 0 Å². The van der Waals surface area contributed by atoms with E-state index in [1.165, 1.54) is 24.3 Å². The van der Waals surface area contributed by atoms with Gasteiger partial charge in [-0.25, -0.2) is 9.59 Å². The molecule has 0 saturated carbocycles. The van der Waals surface area contributed by atoms with Crippen molar-refractivity contribution in [1.82, 2.24) is 0 Å². The Bertz CT molecular complexity index is 453. The molecule has 0 aliphatic carbocycles. The highest BCUT2D eigenvalue weighted by Gasteiger charge is 2.12. The summed E-state index contributed by atoms with van der Waals surface area (Å²) < 4.78 is 9.23. The third kappa shape index (κ3) is 3.85. The number of nitrogens with zero attached hydrogens (tertiary/aromatic N) is 1. The first-order valence-corrected chi connectivity index (χ1v) is 5.11. The van der Waals surface area contributed by atoms with E-state index in [1.807, 2.05) is 0 Å². The molecule has 0 bridgehead atoms. The van der Waals surface area contributed by atoms with Crippen molar-refractivity contribution < 1.29 is 24.0 Å². The number of nitro groups is 1. The van der Waals surface area contributed by atoms with Crippen LogP contribution in [0.15, 0.2) is 24.3 Å². The number of hydrogen-bond acceptors (Lipinski definition) is 6. The second kappa shape index (κ2) is 6.33. The first kappa shape index (κ1) is 13.6. The Kier molecular flexibility index (Phi) is 4.79. The molecule has 1 aromatic carbocycles. The molecule has 96 valence electrons. The van der Waals surface area contributed by atoms with Gasteiger partial charge in [-0.1, -0.05) is 0 Å². The minimum absolute atomic E-state index is 0.128. The molecule has 0 spiro atoms. The van der Waals surface area contributed by atoms with Gasteiger partial charge >= 0.3 is 11.9 Å². The average Bonchev–Trinajstić information content (AvgIpc) is 2.36. The smallest absolute Gasteiger partial charge is 0.344 e. The van der Waals surface area contributed by atoms with Crippen molar-refractivity contribution in [1.29, 1.82) is 0 Å². The van der Waals surface area contributed by atoms with Gasteiger partial charge in [0.05, 0.1) is 17.1 Å². The van der Waals surface area contributed by atoms with E-state index < -0.39 is 23.5 Å². The van der Waals surface area contributed by atoms with Crippen LogP contribution in [0, 0.1) is 10.1 Å². The van der Waals surface area contributed by atoms with E-state index in [4.69, 9.17) is 0 Å². The number of ether oxygens (including phenoxy) is 2. The van der Waals surface area contributed by atoms with Crippen LogP contribution in [0.2, 0.25) is 0 Å². The Morgan fingerprint density at radius 2 is 1.83 bits per heavy atom. The van der Waals surface area contributed by atoms with Gasteiger partial charge in [0.25, 0.3) is 5.69 Å². The summed E-state index contributed by atoms with van der Waals surface area (Å²) in [5.74, 6) is -1.38. The van der Waals surface area contributed by atoms with Crippen LogP contribution in [-0.2, 0) is 14.3 Å². The van der Waals surface area contributed by atoms with Crippen LogP contribution in [0.5, 0.6) is 0 Å². The molecule has 18 heavy (non-hydrogen) atoms. The maximum Gasteiger partial charge on any atom is 0.344 e. The molecule has 0 aliphatic heterocycles. The highest BCUT2D eigenvalue weighted by Crippen LogP contribution is 2.12. The fraction of sp³-hybridized carbons (Fsp3) is 0.273. The minimum Gasteiger partial charge on any atom is -0.463 e. The Balaban J connectivity index is 2.56. The number of carbonyl (C=O) groups excluding carboxylic acids is 2. The number of non-ortho nitro benzene ring substituents is 1. The zero-order valence-corrected chi connectivity index (χ0v) is 9.62. The SMILES string of the molecule is CCOC(=O)COC(=O)c1ccc([N+](=O)[O-])cc1. The topological polar surface area (TPSA) is 95.7 Å². The molecule has 0 heterocycles. The number of esters is 2. The predicted molar refractivity (Wildman–Crippen MR) is 60.0 cm³/mol. The molecule has 0 fully saturated rings. The Hall–Kier alpha value is -2.44. The first-order chi connectivity index (χ1) is 8.54. The standard InChI is InChI=1S/C11H11NO6/c1-2-17-10(13)7-18-11(14)8-3-5-9(6-4-8)12(15)16/h3-6H,2,7H2,1H3. The van der Waals surface area contributed by atoms with Gasteiger partial charge in [0.2, 0.25) is 0 Å². The van der Waals surface area contributed by atoms with Gasteiger partial charge in [-0.05, 0) is 19.1 Å². The molecule has 0 aliphatic rings. The molecule has 0 saturated heterocycles. The zero-order valence-electron chi connectivity index (χ0n) is 9.62. The third-order valence-electron chi connectivity index (χ3n) is 1.94. The van der Waals surface area contributed by atoms with Crippen molar-refractivity contribution in [3.8, 4) is 0 Å². The summed E-state index contributed by atoms with van der Waals surface area (Å²) in [7, 11) is 0. The van der Waals surface area contributed by atoms with Crippen LogP contribution < -0.4 is 0 Å². The van der Waals surface area contributed by atoms with Crippen molar-refractivity contribution in [2.75, 3.05) is 13.2 Å². The van der Waals surface area contributed by atoms with Crippen LogP contribution in [0.3, 0.4) is 0 Å². The van der Waals surface area contributed by atoms with Crippen molar-refractivity contribution in [3.05, 3.63) is 39.9 Å². The number of rotatable bonds is 5. The molecule has 0 amide bonds. The van der Waals surface area contributed by atoms with Gasteiger partial charge in [0.1, 0.15) is 0 Å². The Labute approximate surface area is 102 Å². The maximum absolute atomic E-state index is 11.4. The number of nitro benzene ring substituents is 1. The van der Waals surface area contributed by atoms with E-state index in [0.717, 1.165) is 0 Å². The lowest BCUT2D eigenvalue weighted by atomic mass is 10.2. The van der Waals surface area contributed by atoms with Gasteiger partial charge in [0.15, 0.2) is 6.61 Å². The fourth-order valence-electron chi connectivity index (χ4n) is 1.13. The van der Waals surface area contributed by atoms with Gasteiger partial charge in [-0.2, -0.15) is 0 Å².